The topological polar surface area (TPSA) is 52.9 Å². The first-order chi connectivity index (χ1) is 7.16. The average Bonchev–Trinajstić information content (AvgIpc) is 2.64. The molecule has 1 aromatic carbocycles. The van der Waals surface area contributed by atoms with Gasteiger partial charge in [-0.25, -0.2) is 0 Å². The molecular weight excluding hydrogens is 212 g/mol. The molecule has 5 heteroatoms. The summed E-state index contributed by atoms with van der Waals surface area (Å²) in [7, 11) is 1.82. The second-order valence-electron chi connectivity index (χ2n) is 3.16. The van der Waals surface area contributed by atoms with Crippen molar-refractivity contribution in [3.63, 3.8) is 0 Å². The Hall–Kier alpha value is -1.49. The van der Waals surface area contributed by atoms with E-state index in [1.54, 1.807) is 23.1 Å². The van der Waals surface area contributed by atoms with Gasteiger partial charge in [0.25, 0.3) is 5.91 Å². The summed E-state index contributed by atoms with van der Waals surface area (Å²) in [5, 5.41) is 9.99. The van der Waals surface area contributed by atoms with Crippen molar-refractivity contribution in [2.75, 3.05) is 17.7 Å². The lowest BCUT2D eigenvalue weighted by Gasteiger charge is -2.17. The van der Waals surface area contributed by atoms with Crippen molar-refractivity contribution in [1.29, 1.82) is 0 Å². The van der Waals surface area contributed by atoms with Crippen LogP contribution in [0.4, 0.5) is 5.69 Å². The van der Waals surface area contributed by atoms with Crippen molar-refractivity contribution in [1.82, 2.24) is 0 Å². The number of amidine groups is 1. The van der Waals surface area contributed by atoms with Crippen LogP contribution in [0.25, 0.3) is 0 Å². The minimum Gasteiger partial charge on any atom is -0.508 e. The molecule has 2 rings (SSSR count). The molecule has 0 radical (unpaired) electrons. The van der Waals surface area contributed by atoms with E-state index in [4.69, 9.17) is 0 Å². The summed E-state index contributed by atoms with van der Waals surface area (Å²) in [6.07, 6.45) is 0. The van der Waals surface area contributed by atoms with Crippen LogP contribution < -0.4 is 4.90 Å². The van der Waals surface area contributed by atoms with Crippen LogP contribution in [0.3, 0.4) is 0 Å². The molecule has 0 aliphatic carbocycles. The summed E-state index contributed by atoms with van der Waals surface area (Å²) in [6, 6.07) is 6.84. The molecule has 0 saturated heterocycles. The van der Waals surface area contributed by atoms with E-state index in [-0.39, 0.29) is 11.7 Å². The van der Waals surface area contributed by atoms with Crippen LogP contribution in [-0.2, 0) is 4.79 Å². The van der Waals surface area contributed by atoms with Gasteiger partial charge in [-0.2, -0.15) is 4.99 Å². The maximum absolute atomic E-state index is 11.0. The predicted octanol–water partition coefficient (Wildman–Crippen LogP) is 1.46. The van der Waals surface area contributed by atoms with Gasteiger partial charge in [-0.05, 0) is 12.1 Å². The lowest BCUT2D eigenvalue weighted by Crippen LogP contribution is -2.21. The van der Waals surface area contributed by atoms with Gasteiger partial charge in [0, 0.05) is 18.8 Å². The van der Waals surface area contributed by atoms with Crippen molar-refractivity contribution in [2.24, 2.45) is 4.99 Å². The monoisotopic (exact) mass is 222 g/mol. The van der Waals surface area contributed by atoms with Crippen LogP contribution in [0, 0.1) is 0 Å². The minimum absolute atomic E-state index is 0.109. The number of hydrogen-bond donors (Lipinski definition) is 1. The highest BCUT2D eigenvalue weighted by molar-refractivity contribution is 8.15. The van der Waals surface area contributed by atoms with E-state index in [0.717, 1.165) is 5.69 Å². The van der Waals surface area contributed by atoms with Crippen molar-refractivity contribution in [3.8, 4) is 5.75 Å². The third-order valence-electron chi connectivity index (χ3n) is 2.05. The number of anilines is 1. The standard InChI is InChI=1S/C10H10N2O2S/c1-12(10-11-9(14)6-15-10)7-3-2-4-8(13)5-7/h2-5,13H,6H2,1H3. The number of aliphatic imine (C=N–C) groups is 1. The highest BCUT2D eigenvalue weighted by Gasteiger charge is 2.19. The van der Waals surface area contributed by atoms with Crippen LogP contribution >= 0.6 is 11.8 Å². The van der Waals surface area contributed by atoms with Crippen molar-refractivity contribution < 1.29 is 9.90 Å². The number of phenols is 1. The van der Waals surface area contributed by atoms with E-state index in [0.29, 0.717) is 10.9 Å². The number of amides is 1. The van der Waals surface area contributed by atoms with Gasteiger partial charge < -0.3 is 10.0 Å². The third kappa shape index (κ3) is 2.12. The smallest absolute Gasteiger partial charge is 0.258 e. The lowest BCUT2D eigenvalue weighted by atomic mass is 10.3. The van der Waals surface area contributed by atoms with Gasteiger partial charge in [-0.1, -0.05) is 17.8 Å². The molecule has 4 nitrogen and oxygen atoms in total. The molecule has 1 amide bonds. The van der Waals surface area contributed by atoms with Crippen LogP contribution in [0.5, 0.6) is 5.75 Å². The number of benzene rings is 1. The zero-order chi connectivity index (χ0) is 10.8. The molecule has 0 atom stereocenters. The summed E-state index contributed by atoms with van der Waals surface area (Å²) >= 11 is 1.40. The van der Waals surface area contributed by atoms with Crippen molar-refractivity contribution >= 4 is 28.5 Å². The zero-order valence-corrected chi connectivity index (χ0v) is 8.99. The van der Waals surface area contributed by atoms with E-state index in [1.165, 1.54) is 11.8 Å². The Kier molecular flexibility index (Phi) is 2.64. The maximum Gasteiger partial charge on any atom is 0.258 e. The number of phenolic OH excluding ortho intramolecular Hbond substituents is 1. The average molecular weight is 222 g/mol. The first-order valence-electron chi connectivity index (χ1n) is 4.44. The van der Waals surface area contributed by atoms with Gasteiger partial charge in [0.1, 0.15) is 5.75 Å². The van der Waals surface area contributed by atoms with Gasteiger partial charge in [-0.3, -0.25) is 4.79 Å². The van der Waals surface area contributed by atoms with Crippen LogP contribution in [0.15, 0.2) is 29.3 Å². The molecule has 0 aromatic heterocycles. The molecule has 0 bridgehead atoms. The Morgan fingerprint density at radius 3 is 2.93 bits per heavy atom. The summed E-state index contributed by atoms with van der Waals surface area (Å²) in [4.78, 5) is 16.6. The zero-order valence-electron chi connectivity index (χ0n) is 8.17. The van der Waals surface area contributed by atoms with Crippen LogP contribution in [-0.4, -0.2) is 29.0 Å². The fraction of sp³-hybridized carbons (Fsp3) is 0.200. The first kappa shape index (κ1) is 10.0. The Labute approximate surface area is 91.6 Å². The first-order valence-corrected chi connectivity index (χ1v) is 5.42. The van der Waals surface area contributed by atoms with Gasteiger partial charge >= 0.3 is 0 Å². The molecule has 78 valence electrons. The van der Waals surface area contributed by atoms with Gasteiger partial charge in [0.05, 0.1) is 5.75 Å². The van der Waals surface area contributed by atoms with Gasteiger partial charge in [0.2, 0.25) is 0 Å². The summed E-state index contributed by atoms with van der Waals surface area (Å²) in [6.45, 7) is 0. The SMILES string of the molecule is CN(C1=NC(=O)CS1)c1cccc(O)c1. The molecule has 1 aliphatic heterocycles. The third-order valence-corrected chi connectivity index (χ3v) is 3.06. The molecule has 15 heavy (non-hydrogen) atoms. The molecule has 0 spiro atoms. The van der Waals surface area contributed by atoms with Gasteiger partial charge in [0.15, 0.2) is 5.17 Å². The van der Waals surface area contributed by atoms with Crippen LogP contribution in [0.1, 0.15) is 0 Å². The molecule has 0 fully saturated rings. The second kappa shape index (κ2) is 3.94. The Morgan fingerprint density at radius 2 is 2.33 bits per heavy atom. The largest absolute Gasteiger partial charge is 0.508 e. The second-order valence-corrected chi connectivity index (χ2v) is 4.10. The highest BCUT2D eigenvalue weighted by atomic mass is 32.2. The fourth-order valence-electron chi connectivity index (χ4n) is 1.28. The molecule has 1 aliphatic rings. The lowest BCUT2D eigenvalue weighted by molar-refractivity contribution is -0.115. The molecule has 1 N–H and O–H groups in total. The Bertz CT molecular complexity index is 431. The number of hydrogen-bond acceptors (Lipinski definition) is 4. The summed E-state index contributed by atoms with van der Waals surface area (Å²) in [5.74, 6) is 0.495. The molecule has 1 aromatic rings. The van der Waals surface area contributed by atoms with E-state index in [9.17, 15) is 9.90 Å². The van der Waals surface area contributed by atoms with Gasteiger partial charge in [-0.15, -0.1) is 0 Å². The summed E-state index contributed by atoms with van der Waals surface area (Å²) in [5.41, 5.74) is 0.816. The van der Waals surface area contributed by atoms with Crippen LogP contribution in [0.2, 0.25) is 0 Å². The van der Waals surface area contributed by atoms with Crippen molar-refractivity contribution in [2.45, 2.75) is 0 Å². The number of thioether (sulfide) groups is 1. The molecule has 1 heterocycles. The summed E-state index contributed by atoms with van der Waals surface area (Å²) < 4.78 is 0. The quantitative estimate of drug-likeness (QED) is 0.781. The Morgan fingerprint density at radius 1 is 1.53 bits per heavy atom. The van der Waals surface area contributed by atoms with E-state index in [2.05, 4.69) is 4.99 Å². The normalized spacial score (nSPS) is 15.3. The highest BCUT2D eigenvalue weighted by Crippen LogP contribution is 2.24. The number of nitrogens with zero attached hydrogens (tertiary/aromatic N) is 2. The number of carbonyl (C=O) groups excluding carboxylic acids is 1. The Balaban J connectivity index is 2.24. The van der Waals surface area contributed by atoms with E-state index < -0.39 is 0 Å². The van der Waals surface area contributed by atoms with E-state index in [1.807, 2.05) is 13.1 Å². The van der Waals surface area contributed by atoms with E-state index >= 15 is 0 Å². The minimum atomic E-state index is -0.109. The molecular formula is C10H10N2O2S. The molecule has 0 unspecified atom stereocenters. The maximum atomic E-state index is 11.0. The number of aromatic hydroxyl groups is 1. The fourth-order valence-corrected chi connectivity index (χ4v) is 2.06. The number of carbonyl (C=O) groups is 1. The molecule has 0 saturated carbocycles. The predicted molar refractivity (Wildman–Crippen MR) is 61.4 cm³/mol. The number of rotatable bonds is 1. The van der Waals surface area contributed by atoms with Crippen molar-refractivity contribution in [3.05, 3.63) is 24.3 Å².